The number of hydrogen-bond acceptors (Lipinski definition) is 4. The van der Waals surface area contributed by atoms with Crippen molar-refractivity contribution in [2.45, 2.75) is 38.5 Å². The van der Waals surface area contributed by atoms with E-state index in [2.05, 4.69) is 10.6 Å². The Kier molecular flexibility index (Phi) is 4.84. The number of alkyl carbamates (subject to hydrolysis) is 1. The maximum absolute atomic E-state index is 12.8. The Labute approximate surface area is 152 Å². The monoisotopic (exact) mass is 354 g/mol. The number of nitrogens with one attached hydrogen (secondary N) is 2. The molecule has 6 heteroatoms. The maximum Gasteiger partial charge on any atom is 0.408 e. The number of benzene rings is 2. The second-order valence-corrected chi connectivity index (χ2v) is 7.06. The average Bonchev–Trinajstić information content (AvgIpc) is 2.71. The van der Waals surface area contributed by atoms with Gasteiger partial charge in [-0.15, -0.1) is 0 Å². The number of rotatable bonds is 2. The van der Waals surface area contributed by atoms with Gasteiger partial charge in [-0.2, -0.15) is 0 Å². The molecule has 0 saturated heterocycles. The number of fused-ring (bicyclic) bond motifs is 1. The van der Waals surface area contributed by atoms with E-state index in [0.717, 1.165) is 5.56 Å². The molecule has 2 N–H and O–H groups in total. The van der Waals surface area contributed by atoms with Crippen LogP contribution in [0.3, 0.4) is 0 Å². The van der Waals surface area contributed by atoms with Crippen LogP contribution in [0.15, 0.2) is 54.6 Å². The average molecular weight is 354 g/mol. The summed E-state index contributed by atoms with van der Waals surface area (Å²) in [6, 6.07) is 15.5. The van der Waals surface area contributed by atoms with Crippen LogP contribution in [-0.4, -0.2) is 23.6 Å². The third-order valence-corrected chi connectivity index (χ3v) is 3.78. The van der Waals surface area contributed by atoms with Crippen molar-refractivity contribution in [1.29, 1.82) is 0 Å². The highest BCUT2D eigenvalue weighted by atomic mass is 16.6. The summed E-state index contributed by atoms with van der Waals surface area (Å²) in [4.78, 5) is 25.1. The molecule has 2 amide bonds. The zero-order valence-electron chi connectivity index (χ0n) is 15.0. The van der Waals surface area contributed by atoms with Crippen LogP contribution in [0.1, 0.15) is 32.4 Å². The zero-order chi connectivity index (χ0) is 18.7. The lowest BCUT2D eigenvalue weighted by molar-refractivity contribution is -0.120. The zero-order valence-corrected chi connectivity index (χ0v) is 15.0. The minimum atomic E-state index is -0.945. The fraction of sp³-hybridized carbons (Fsp3) is 0.300. The predicted octanol–water partition coefficient (Wildman–Crippen LogP) is 3.65. The third-order valence-electron chi connectivity index (χ3n) is 3.78. The molecule has 136 valence electrons. The highest BCUT2D eigenvalue weighted by molar-refractivity contribution is 5.99. The van der Waals surface area contributed by atoms with Gasteiger partial charge in [-0.3, -0.25) is 4.79 Å². The maximum atomic E-state index is 12.8. The standard InChI is InChI=1S/C20H22N2O4/c1-20(2,3)26-19(24)22-16-17(13-9-5-4-6-10-13)25-15-12-8-7-11-14(15)21-18(16)23/h4-12,16-17H,1-3H3,(H,21,23)(H,22,24). The van der Waals surface area contributed by atoms with Gasteiger partial charge in [0.25, 0.3) is 5.91 Å². The molecular formula is C20H22N2O4. The number of para-hydroxylation sites is 2. The van der Waals surface area contributed by atoms with Crippen molar-refractivity contribution in [2.24, 2.45) is 0 Å². The summed E-state index contributed by atoms with van der Waals surface area (Å²) >= 11 is 0. The van der Waals surface area contributed by atoms with Gasteiger partial charge >= 0.3 is 6.09 Å². The van der Waals surface area contributed by atoms with E-state index in [0.29, 0.717) is 11.4 Å². The second-order valence-electron chi connectivity index (χ2n) is 7.06. The molecule has 0 aliphatic carbocycles. The molecule has 0 spiro atoms. The smallest absolute Gasteiger partial charge is 0.408 e. The van der Waals surface area contributed by atoms with Gasteiger partial charge in [0.05, 0.1) is 5.69 Å². The molecule has 0 aromatic heterocycles. The van der Waals surface area contributed by atoms with Gasteiger partial charge in [0.15, 0.2) is 12.1 Å². The Morgan fingerprint density at radius 2 is 1.73 bits per heavy atom. The van der Waals surface area contributed by atoms with E-state index in [9.17, 15) is 9.59 Å². The van der Waals surface area contributed by atoms with Crippen LogP contribution in [0.25, 0.3) is 0 Å². The van der Waals surface area contributed by atoms with E-state index in [1.807, 2.05) is 42.5 Å². The molecule has 2 unspecified atom stereocenters. The normalized spacial score (nSPS) is 19.4. The van der Waals surface area contributed by atoms with Crippen LogP contribution in [0.4, 0.5) is 10.5 Å². The number of carbonyl (C=O) groups excluding carboxylic acids is 2. The van der Waals surface area contributed by atoms with Crippen molar-refractivity contribution in [2.75, 3.05) is 5.32 Å². The Balaban J connectivity index is 1.94. The quantitative estimate of drug-likeness (QED) is 0.863. The Morgan fingerprint density at radius 3 is 2.42 bits per heavy atom. The molecular weight excluding hydrogens is 332 g/mol. The van der Waals surface area contributed by atoms with Crippen LogP contribution >= 0.6 is 0 Å². The van der Waals surface area contributed by atoms with E-state index >= 15 is 0 Å². The van der Waals surface area contributed by atoms with E-state index in [-0.39, 0.29) is 5.91 Å². The number of amides is 2. The van der Waals surface area contributed by atoms with Crippen molar-refractivity contribution >= 4 is 17.7 Å². The molecule has 0 fully saturated rings. The summed E-state index contributed by atoms with van der Waals surface area (Å²) in [7, 11) is 0. The first kappa shape index (κ1) is 17.8. The van der Waals surface area contributed by atoms with Gasteiger partial charge < -0.3 is 20.1 Å². The first-order chi connectivity index (χ1) is 12.3. The van der Waals surface area contributed by atoms with Crippen molar-refractivity contribution in [3.05, 3.63) is 60.2 Å². The summed E-state index contributed by atoms with van der Waals surface area (Å²) in [5.41, 5.74) is 0.671. The lowest BCUT2D eigenvalue weighted by Crippen LogP contribution is -2.49. The van der Waals surface area contributed by atoms with E-state index in [1.54, 1.807) is 32.9 Å². The first-order valence-corrected chi connectivity index (χ1v) is 8.44. The van der Waals surface area contributed by atoms with Crippen molar-refractivity contribution < 1.29 is 19.1 Å². The molecule has 2 aromatic carbocycles. The fourth-order valence-corrected chi connectivity index (χ4v) is 2.70. The first-order valence-electron chi connectivity index (χ1n) is 8.44. The summed E-state index contributed by atoms with van der Waals surface area (Å²) in [5, 5.41) is 5.46. The minimum absolute atomic E-state index is 0.366. The van der Waals surface area contributed by atoms with Crippen LogP contribution in [0.2, 0.25) is 0 Å². The second kappa shape index (κ2) is 7.07. The summed E-state index contributed by atoms with van der Waals surface area (Å²) in [5.74, 6) is 0.179. The molecule has 6 nitrogen and oxygen atoms in total. The molecule has 3 rings (SSSR count). The molecule has 0 bridgehead atoms. The largest absolute Gasteiger partial charge is 0.481 e. The van der Waals surface area contributed by atoms with Crippen LogP contribution in [0.5, 0.6) is 5.75 Å². The van der Waals surface area contributed by atoms with Crippen LogP contribution in [0, 0.1) is 0 Å². The van der Waals surface area contributed by atoms with Crippen molar-refractivity contribution in [1.82, 2.24) is 5.32 Å². The van der Waals surface area contributed by atoms with E-state index in [4.69, 9.17) is 9.47 Å². The SMILES string of the molecule is CC(C)(C)OC(=O)NC1C(=O)Nc2ccccc2OC1c1ccccc1. The predicted molar refractivity (Wildman–Crippen MR) is 98.0 cm³/mol. The topological polar surface area (TPSA) is 76.7 Å². The van der Waals surface area contributed by atoms with E-state index < -0.39 is 23.8 Å². The Morgan fingerprint density at radius 1 is 1.08 bits per heavy atom. The van der Waals surface area contributed by atoms with Gasteiger partial charge in [-0.1, -0.05) is 42.5 Å². The van der Waals surface area contributed by atoms with Crippen LogP contribution < -0.4 is 15.4 Å². The van der Waals surface area contributed by atoms with Gasteiger partial charge in [0, 0.05) is 0 Å². The third kappa shape index (κ3) is 4.14. The lowest BCUT2D eigenvalue weighted by atomic mass is 10.0. The molecule has 1 aliphatic rings. The number of anilines is 1. The number of hydrogen-bond donors (Lipinski definition) is 2. The molecule has 1 heterocycles. The highest BCUT2D eigenvalue weighted by Crippen LogP contribution is 2.34. The lowest BCUT2D eigenvalue weighted by Gasteiger charge is -2.27. The molecule has 2 aromatic rings. The molecule has 26 heavy (non-hydrogen) atoms. The molecule has 2 atom stereocenters. The number of carbonyl (C=O) groups is 2. The van der Waals surface area contributed by atoms with Crippen molar-refractivity contribution in [3.8, 4) is 5.75 Å². The number of ether oxygens (including phenoxy) is 2. The molecule has 0 saturated carbocycles. The van der Waals surface area contributed by atoms with E-state index in [1.165, 1.54) is 0 Å². The summed E-state index contributed by atoms with van der Waals surface area (Å²) in [6.07, 6.45) is -1.36. The van der Waals surface area contributed by atoms with Crippen molar-refractivity contribution in [3.63, 3.8) is 0 Å². The van der Waals surface area contributed by atoms with Gasteiger partial charge in [-0.05, 0) is 38.5 Å². The van der Waals surface area contributed by atoms with Gasteiger partial charge in [-0.25, -0.2) is 4.79 Å². The molecule has 1 aliphatic heterocycles. The summed E-state index contributed by atoms with van der Waals surface area (Å²) < 4.78 is 11.4. The summed E-state index contributed by atoms with van der Waals surface area (Å²) in [6.45, 7) is 5.29. The van der Waals surface area contributed by atoms with Gasteiger partial charge in [0.1, 0.15) is 11.4 Å². The van der Waals surface area contributed by atoms with Crippen LogP contribution in [-0.2, 0) is 9.53 Å². The minimum Gasteiger partial charge on any atom is -0.481 e. The highest BCUT2D eigenvalue weighted by Gasteiger charge is 2.37. The van der Waals surface area contributed by atoms with Gasteiger partial charge in [0.2, 0.25) is 0 Å². The molecule has 0 radical (unpaired) electrons. The Hall–Kier alpha value is -3.02. The fourth-order valence-electron chi connectivity index (χ4n) is 2.70. The Bertz CT molecular complexity index is 799.